The summed E-state index contributed by atoms with van der Waals surface area (Å²) in [7, 11) is 0. The second-order valence-electron chi connectivity index (χ2n) is 7.32. The SMILES string of the molecule is CCC(C)(C)NC(=O)c1ccc(NC(=O)CCc2ccc(C(=O)O)cc2)cc1. The van der Waals surface area contributed by atoms with Gasteiger partial charge < -0.3 is 15.7 Å². The van der Waals surface area contributed by atoms with Crippen LogP contribution in [-0.2, 0) is 11.2 Å². The first kappa shape index (κ1) is 21.2. The highest BCUT2D eigenvalue weighted by Gasteiger charge is 2.18. The largest absolute Gasteiger partial charge is 0.478 e. The van der Waals surface area contributed by atoms with E-state index in [1.807, 2.05) is 20.8 Å². The first-order valence-electron chi connectivity index (χ1n) is 9.25. The molecule has 0 radical (unpaired) electrons. The Morgan fingerprint density at radius 2 is 1.50 bits per heavy atom. The van der Waals surface area contributed by atoms with Crippen molar-refractivity contribution in [3.63, 3.8) is 0 Å². The average Bonchev–Trinajstić information content (AvgIpc) is 2.67. The number of carboxylic acids is 1. The van der Waals surface area contributed by atoms with E-state index >= 15 is 0 Å². The highest BCUT2D eigenvalue weighted by atomic mass is 16.4. The predicted octanol–water partition coefficient (Wildman–Crippen LogP) is 3.87. The molecule has 6 heteroatoms. The van der Waals surface area contributed by atoms with Crippen molar-refractivity contribution in [2.24, 2.45) is 0 Å². The minimum atomic E-state index is -0.973. The topological polar surface area (TPSA) is 95.5 Å². The van der Waals surface area contributed by atoms with E-state index in [1.54, 1.807) is 36.4 Å². The molecule has 0 heterocycles. The van der Waals surface area contributed by atoms with Gasteiger partial charge in [-0.2, -0.15) is 0 Å². The standard InChI is InChI=1S/C22H26N2O4/c1-4-22(2,3)24-20(26)16-10-12-18(13-11-16)23-19(25)14-7-15-5-8-17(9-6-15)21(27)28/h5-6,8-13H,4,7,14H2,1-3H3,(H,23,25)(H,24,26)(H,27,28). The van der Waals surface area contributed by atoms with Crippen molar-refractivity contribution in [1.82, 2.24) is 5.32 Å². The molecule has 0 aliphatic heterocycles. The van der Waals surface area contributed by atoms with Crippen molar-refractivity contribution in [2.45, 2.75) is 45.6 Å². The lowest BCUT2D eigenvalue weighted by molar-refractivity contribution is -0.116. The number of anilines is 1. The summed E-state index contributed by atoms with van der Waals surface area (Å²) >= 11 is 0. The van der Waals surface area contributed by atoms with Crippen molar-refractivity contribution < 1.29 is 19.5 Å². The lowest BCUT2D eigenvalue weighted by Crippen LogP contribution is -2.42. The molecule has 0 aliphatic carbocycles. The maximum absolute atomic E-state index is 12.2. The molecule has 2 aromatic carbocycles. The number of carboxylic acid groups (broad SMARTS) is 1. The third-order valence-electron chi connectivity index (χ3n) is 4.61. The summed E-state index contributed by atoms with van der Waals surface area (Å²) in [4.78, 5) is 35.2. The van der Waals surface area contributed by atoms with Crippen LogP contribution in [0.4, 0.5) is 5.69 Å². The van der Waals surface area contributed by atoms with Gasteiger partial charge in [-0.05, 0) is 68.7 Å². The first-order valence-corrected chi connectivity index (χ1v) is 9.25. The van der Waals surface area contributed by atoms with Crippen LogP contribution in [0.15, 0.2) is 48.5 Å². The predicted molar refractivity (Wildman–Crippen MR) is 109 cm³/mol. The van der Waals surface area contributed by atoms with Crippen molar-refractivity contribution in [3.05, 3.63) is 65.2 Å². The minimum absolute atomic E-state index is 0.144. The molecule has 0 saturated heterocycles. The van der Waals surface area contributed by atoms with Crippen molar-refractivity contribution >= 4 is 23.5 Å². The van der Waals surface area contributed by atoms with E-state index in [2.05, 4.69) is 10.6 Å². The normalized spacial score (nSPS) is 11.0. The van der Waals surface area contributed by atoms with Crippen LogP contribution in [0.2, 0.25) is 0 Å². The zero-order valence-electron chi connectivity index (χ0n) is 16.4. The molecule has 0 atom stereocenters. The van der Waals surface area contributed by atoms with Gasteiger partial charge in [-0.15, -0.1) is 0 Å². The second kappa shape index (κ2) is 9.17. The number of amides is 2. The van der Waals surface area contributed by atoms with Crippen LogP contribution in [-0.4, -0.2) is 28.4 Å². The molecule has 0 fully saturated rings. The average molecular weight is 382 g/mol. The lowest BCUT2D eigenvalue weighted by atomic mass is 10.0. The second-order valence-corrected chi connectivity index (χ2v) is 7.32. The van der Waals surface area contributed by atoms with Gasteiger partial charge in [0.2, 0.25) is 5.91 Å². The van der Waals surface area contributed by atoms with Gasteiger partial charge in [0.1, 0.15) is 0 Å². The number of hydrogen-bond donors (Lipinski definition) is 3. The monoisotopic (exact) mass is 382 g/mol. The Labute approximate surface area is 165 Å². The number of carbonyl (C=O) groups is 3. The van der Waals surface area contributed by atoms with E-state index in [0.29, 0.717) is 17.7 Å². The van der Waals surface area contributed by atoms with Gasteiger partial charge in [0.25, 0.3) is 5.91 Å². The Morgan fingerprint density at radius 3 is 2.04 bits per heavy atom. The Balaban J connectivity index is 1.86. The van der Waals surface area contributed by atoms with Crippen LogP contribution in [0.5, 0.6) is 0 Å². The van der Waals surface area contributed by atoms with Crippen LogP contribution >= 0.6 is 0 Å². The summed E-state index contributed by atoms with van der Waals surface area (Å²) in [6.45, 7) is 5.95. The third-order valence-corrected chi connectivity index (χ3v) is 4.61. The van der Waals surface area contributed by atoms with E-state index in [9.17, 15) is 14.4 Å². The summed E-state index contributed by atoms with van der Waals surface area (Å²) in [6, 6.07) is 13.2. The van der Waals surface area contributed by atoms with Crippen LogP contribution < -0.4 is 10.6 Å². The Hall–Kier alpha value is -3.15. The maximum Gasteiger partial charge on any atom is 0.335 e. The molecule has 2 aromatic rings. The number of carbonyl (C=O) groups excluding carboxylic acids is 2. The van der Waals surface area contributed by atoms with Crippen LogP contribution in [0.1, 0.15) is 59.9 Å². The third kappa shape index (κ3) is 6.23. The molecular formula is C22H26N2O4. The quantitative estimate of drug-likeness (QED) is 0.646. The fraction of sp³-hybridized carbons (Fsp3) is 0.318. The van der Waals surface area contributed by atoms with Crippen molar-refractivity contribution in [2.75, 3.05) is 5.32 Å². The molecule has 3 N–H and O–H groups in total. The first-order chi connectivity index (χ1) is 13.2. The molecule has 2 amide bonds. The number of hydrogen-bond acceptors (Lipinski definition) is 3. The summed E-state index contributed by atoms with van der Waals surface area (Å²) in [5.74, 6) is -1.26. The van der Waals surface area contributed by atoms with E-state index < -0.39 is 5.97 Å². The van der Waals surface area contributed by atoms with Gasteiger partial charge in [-0.1, -0.05) is 19.1 Å². The summed E-state index contributed by atoms with van der Waals surface area (Å²) in [5.41, 5.74) is 2.01. The highest BCUT2D eigenvalue weighted by Crippen LogP contribution is 2.14. The number of nitrogens with one attached hydrogen (secondary N) is 2. The highest BCUT2D eigenvalue weighted by molar-refractivity contribution is 5.96. The summed E-state index contributed by atoms with van der Waals surface area (Å²) in [5, 5.41) is 14.7. The fourth-order valence-electron chi connectivity index (χ4n) is 2.47. The molecular weight excluding hydrogens is 356 g/mol. The molecule has 6 nitrogen and oxygen atoms in total. The van der Waals surface area contributed by atoms with Gasteiger partial charge in [0, 0.05) is 23.2 Å². The minimum Gasteiger partial charge on any atom is -0.478 e. The van der Waals surface area contributed by atoms with E-state index in [4.69, 9.17) is 5.11 Å². The number of aryl methyl sites for hydroxylation is 1. The van der Waals surface area contributed by atoms with E-state index in [1.165, 1.54) is 12.1 Å². The van der Waals surface area contributed by atoms with Gasteiger partial charge in [-0.25, -0.2) is 4.79 Å². The molecule has 148 valence electrons. The van der Waals surface area contributed by atoms with E-state index in [0.717, 1.165) is 12.0 Å². The van der Waals surface area contributed by atoms with Crippen molar-refractivity contribution in [3.8, 4) is 0 Å². The van der Waals surface area contributed by atoms with Crippen LogP contribution in [0, 0.1) is 0 Å². The molecule has 28 heavy (non-hydrogen) atoms. The number of rotatable bonds is 8. The molecule has 0 bridgehead atoms. The Bertz CT molecular complexity index is 840. The van der Waals surface area contributed by atoms with Crippen molar-refractivity contribution in [1.29, 1.82) is 0 Å². The number of aromatic carboxylic acids is 1. The smallest absolute Gasteiger partial charge is 0.335 e. The summed E-state index contributed by atoms with van der Waals surface area (Å²) in [6.07, 6.45) is 1.61. The molecule has 0 aliphatic rings. The Kier molecular flexibility index (Phi) is 6.93. The van der Waals surface area contributed by atoms with Gasteiger partial charge in [0.05, 0.1) is 5.56 Å². The summed E-state index contributed by atoms with van der Waals surface area (Å²) < 4.78 is 0. The molecule has 0 aromatic heterocycles. The lowest BCUT2D eigenvalue weighted by Gasteiger charge is -2.24. The van der Waals surface area contributed by atoms with Gasteiger partial charge >= 0.3 is 5.97 Å². The van der Waals surface area contributed by atoms with E-state index in [-0.39, 0.29) is 29.3 Å². The van der Waals surface area contributed by atoms with Gasteiger partial charge in [0.15, 0.2) is 0 Å². The maximum atomic E-state index is 12.2. The van der Waals surface area contributed by atoms with Crippen LogP contribution in [0.25, 0.3) is 0 Å². The number of benzene rings is 2. The zero-order valence-corrected chi connectivity index (χ0v) is 16.4. The molecule has 0 unspecified atom stereocenters. The molecule has 0 saturated carbocycles. The van der Waals surface area contributed by atoms with Gasteiger partial charge in [-0.3, -0.25) is 9.59 Å². The Morgan fingerprint density at radius 1 is 0.929 bits per heavy atom. The molecule has 0 spiro atoms. The fourth-order valence-corrected chi connectivity index (χ4v) is 2.47. The zero-order chi connectivity index (χ0) is 20.7. The van der Waals surface area contributed by atoms with Crippen LogP contribution in [0.3, 0.4) is 0 Å². The molecule has 2 rings (SSSR count).